The topological polar surface area (TPSA) is 88.1 Å². The second-order valence-electron chi connectivity index (χ2n) is 7.63. The van der Waals surface area contributed by atoms with Crippen molar-refractivity contribution in [2.45, 2.75) is 13.5 Å². The van der Waals surface area contributed by atoms with E-state index in [0.29, 0.717) is 10.6 Å². The van der Waals surface area contributed by atoms with Gasteiger partial charge in [0.2, 0.25) is 5.91 Å². The van der Waals surface area contributed by atoms with Gasteiger partial charge in [-0.3, -0.25) is 14.5 Å². The van der Waals surface area contributed by atoms with E-state index in [1.807, 2.05) is 49.4 Å². The van der Waals surface area contributed by atoms with E-state index in [-0.39, 0.29) is 12.5 Å². The normalized spacial score (nSPS) is 14.1. The molecular weight excluding hydrogens is 444 g/mol. The van der Waals surface area contributed by atoms with Crippen LogP contribution in [0.4, 0.5) is 10.8 Å². The first-order valence-corrected chi connectivity index (χ1v) is 11.5. The number of carbonyl (C=O) groups excluding carboxylic acids is 1. The van der Waals surface area contributed by atoms with Crippen LogP contribution < -0.4 is 10.2 Å². The van der Waals surface area contributed by atoms with Crippen LogP contribution in [-0.4, -0.2) is 52.0 Å². The van der Waals surface area contributed by atoms with E-state index in [1.54, 1.807) is 15.9 Å². The summed E-state index contributed by atoms with van der Waals surface area (Å²) >= 11 is 6.98. The molecule has 0 atom stereocenters. The van der Waals surface area contributed by atoms with Gasteiger partial charge in [0.15, 0.2) is 15.7 Å². The van der Waals surface area contributed by atoms with E-state index in [2.05, 4.69) is 20.4 Å². The zero-order valence-corrected chi connectivity index (χ0v) is 19.1. The number of nitrogens with zero attached hydrogens (tertiary/aromatic N) is 4. The van der Waals surface area contributed by atoms with Crippen LogP contribution in [0.3, 0.4) is 0 Å². The number of H-pyrrole nitrogens is 1. The number of anilines is 2. The number of amides is 1. The van der Waals surface area contributed by atoms with Crippen LogP contribution in [0.25, 0.3) is 21.6 Å². The molecule has 4 aromatic rings. The minimum absolute atomic E-state index is 0.0678. The van der Waals surface area contributed by atoms with Crippen molar-refractivity contribution in [3.8, 4) is 11.4 Å². The SMILES string of the molecule is Cc1ccc(-c2n[nH]c(=S)n2CC(=O)Nc2ccc3nc(N4CCOCC4)sc3c2)cc1. The highest BCUT2D eigenvalue weighted by Crippen LogP contribution is 2.31. The molecule has 1 aliphatic heterocycles. The number of thiazole rings is 1. The standard InChI is InChI=1S/C22H22N6O2S2/c1-14-2-4-15(5-3-14)20-25-26-21(31)28(20)13-19(29)23-16-6-7-17-18(12-16)32-22(24-17)27-8-10-30-11-9-27/h2-7,12H,8-11,13H2,1H3,(H,23,29)(H,26,31). The minimum Gasteiger partial charge on any atom is -0.378 e. The van der Waals surface area contributed by atoms with Crippen molar-refractivity contribution in [1.29, 1.82) is 0 Å². The third-order valence-corrected chi connectivity index (χ3v) is 6.70. The van der Waals surface area contributed by atoms with Crippen molar-refractivity contribution in [3.63, 3.8) is 0 Å². The molecule has 2 aromatic heterocycles. The second-order valence-corrected chi connectivity index (χ2v) is 9.03. The molecule has 1 fully saturated rings. The lowest BCUT2D eigenvalue weighted by molar-refractivity contribution is -0.116. The van der Waals surface area contributed by atoms with E-state index in [0.717, 1.165) is 58.5 Å². The van der Waals surface area contributed by atoms with Gasteiger partial charge in [-0.05, 0) is 37.3 Å². The van der Waals surface area contributed by atoms with Gasteiger partial charge < -0.3 is 15.0 Å². The Morgan fingerprint density at radius 1 is 1.22 bits per heavy atom. The molecule has 10 heteroatoms. The maximum absolute atomic E-state index is 12.8. The Balaban J connectivity index is 1.33. The van der Waals surface area contributed by atoms with Crippen molar-refractivity contribution in [3.05, 3.63) is 52.8 Å². The van der Waals surface area contributed by atoms with E-state index in [1.165, 1.54) is 0 Å². The van der Waals surface area contributed by atoms with Crippen LogP contribution in [0.2, 0.25) is 0 Å². The fourth-order valence-corrected chi connectivity index (χ4v) is 4.86. The lowest BCUT2D eigenvalue weighted by atomic mass is 10.1. The molecule has 3 heterocycles. The average Bonchev–Trinajstić information content (AvgIpc) is 3.38. The highest BCUT2D eigenvalue weighted by molar-refractivity contribution is 7.71. The van der Waals surface area contributed by atoms with Crippen molar-refractivity contribution >= 4 is 50.5 Å². The van der Waals surface area contributed by atoms with Gasteiger partial charge in [-0.2, -0.15) is 5.10 Å². The van der Waals surface area contributed by atoms with Crippen molar-refractivity contribution in [1.82, 2.24) is 19.7 Å². The predicted octanol–water partition coefficient (Wildman–Crippen LogP) is 4.00. The highest BCUT2D eigenvalue weighted by atomic mass is 32.1. The number of aryl methyl sites for hydroxylation is 1. The molecule has 0 saturated carbocycles. The summed E-state index contributed by atoms with van der Waals surface area (Å²) in [6, 6.07) is 13.7. The number of aromatic amines is 1. The number of fused-ring (bicyclic) bond motifs is 1. The molecule has 2 aromatic carbocycles. The van der Waals surface area contributed by atoms with Gasteiger partial charge in [0.25, 0.3) is 0 Å². The fraction of sp³-hybridized carbons (Fsp3) is 0.273. The third-order valence-electron chi connectivity index (χ3n) is 5.31. The van der Waals surface area contributed by atoms with Gasteiger partial charge in [-0.15, -0.1) is 0 Å². The third kappa shape index (κ3) is 4.29. The van der Waals surface area contributed by atoms with Gasteiger partial charge in [-0.25, -0.2) is 4.98 Å². The number of hydrogen-bond acceptors (Lipinski definition) is 7. The number of nitrogens with one attached hydrogen (secondary N) is 2. The van der Waals surface area contributed by atoms with Gasteiger partial charge in [0.1, 0.15) is 6.54 Å². The summed E-state index contributed by atoms with van der Waals surface area (Å²) in [7, 11) is 0. The Labute approximate surface area is 193 Å². The molecule has 1 aliphatic rings. The van der Waals surface area contributed by atoms with Crippen LogP contribution in [0.5, 0.6) is 0 Å². The number of aromatic nitrogens is 4. The largest absolute Gasteiger partial charge is 0.378 e. The van der Waals surface area contributed by atoms with E-state index >= 15 is 0 Å². The summed E-state index contributed by atoms with van der Waals surface area (Å²) in [4.78, 5) is 19.8. The van der Waals surface area contributed by atoms with Crippen LogP contribution in [-0.2, 0) is 16.1 Å². The van der Waals surface area contributed by atoms with Crippen LogP contribution in [0, 0.1) is 11.7 Å². The summed E-state index contributed by atoms with van der Waals surface area (Å²) in [5, 5.41) is 11.1. The molecule has 5 rings (SSSR count). The number of benzene rings is 2. The summed E-state index contributed by atoms with van der Waals surface area (Å²) in [5.41, 5.74) is 3.71. The lowest BCUT2D eigenvalue weighted by Gasteiger charge is -2.25. The molecule has 0 bridgehead atoms. The van der Waals surface area contributed by atoms with Crippen LogP contribution in [0.15, 0.2) is 42.5 Å². The maximum atomic E-state index is 12.8. The molecule has 0 unspecified atom stereocenters. The Kier molecular flexibility index (Phi) is 5.73. The molecule has 164 valence electrons. The maximum Gasteiger partial charge on any atom is 0.244 e. The number of morpholine rings is 1. The number of rotatable bonds is 5. The van der Waals surface area contributed by atoms with Gasteiger partial charge in [0, 0.05) is 24.3 Å². The lowest BCUT2D eigenvalue weighted by Crippen LogP contribution is -2.36. The minimum atomic E-state index is -0.173. The van der Waals surface area contributed by atoms with Crippen LogP contribution in [0.1, 0.15) is 5.56 Å². The van der Waals surface area contributed by atoms with E-state index in [4.69, 9.17) is 21.9 Å². The summed E-state index contributed by atoms with van der Waals surface area (Å²) < 4.78 is 8.57. The molecule has 0 radical (unpaired) electrons. The summed E-state index contributed by atoms with van der Waals surface area (Å²) in [5.74, 6) is 0.464. The quantitative estimate of drug-likeness (QED) is 0.432. The number of carbonyl (C=O) groups is 1. The average molecular weight is 467 g/mol. The second kappa shape index (κ2) is 8.81. The molecule has 2 N–H and O–H groups in total. The molecule has 1 amide bonds. The Morgan fingerprint density at radius 2 is 2.00 bits per heavy atom. The highest BCUT2D eigenvalue weighted by Gasteiger charge is 2.16. The molecule has 32 heavy (non-hydrogen) atoms. The molecule has 0 aliphatic carbocycles. The molecule has 0 spiro atoms. The van der Waals surface area contributed by atoms with Gasteiger partial charge in [0.05, 0.1) is 23.4 Å². The summed E-state index contributed by atoms with van der Waals surface area (Å²) in [6.45, 7) is 5.23. The van der Waals surface area contributed by atoms with Gasteiger partial charge >= 0.3 is 0 Å². The van der Waals surface area contributed by atoms with E-state index in [9.17, 15) is 4.79 Å². The van der Waals surface area contributed by atoms with Crippen molar-refractivity contribution in [2.24, 2.45) is 0 Å². The fourth-order valence-electron chi connectivity index (χ4n) is 3.61. The first kappa shape index (κ1) is 20.8. The van der Waals surface area contributed by atoms with Crippen molar-refractivity contribution in [2.75, 3.05) is 36.5 Å². The Morgan fingerprint density at radius 3 is 2.78 bits per heavy atom. The van der Waals surface area contributed by atoms with Crippen molar-refractivity contribution < 1.29 is 9.53 Å². The van der Waals surface area contributed by atoms with E-state index < -0.39 is 0 Å². The summed E-state index contributed by atoms with van der Waals surface area (Å²) in [6.07, 6.45) is 0. The number of hydrogen-bond donors (Lipinski definition) is 2. The molecule has 8 nitrogen and oxygen atoms in total. The number of ether oxygens (including phenoxy) is 1. The predicted molar refractivity (Wildman–Crippen MR) is 129 cm³/mol. The first-order valence-electron chi connectivity index (χ1n) is 10.3. The Hall–Kier alpha value is -3.08. The zero-order chi connectivity index (χ0) is 22.1. The monoisotopic (exact) mass is 466 g/mol. The molecule has 1 saturated heterocycles. The van der Waals surface area contributed by atoms with Gasteiger partial charge in [-0.1, -0.05) is 41.2 Å². The zero-order valence-electron chi connectivity index (χ0n) is 17.5. The van der Waals surface area contributed by atoms with Crippen LogP contribution >= 0.6 is 23.6 Å². The Bertz CT molecular complexity index is 1320. The molecular formula is C22H22N6O2S2. The first-order chi connectivity index (χ1) is 15.6. The smallest absolute Gasteiger partial charge is 0.244 e.